The zero-order chi connectivity index (χ0) is 19.5. The molecule has 5 nitrogen and oxygen atoms in total. The molecule has 7 heteroatoms. The smallest absolute Gasteiger partial charge is 0.239 e. The molecular formula is C21H27ClN4OS. The second kappa shape index (κ2) is 8.89. The number of amides is 1. The standard InChI is InChI=1S/C21H27ClN4OS/c1-16-18(20(22)26(23-16)14-17-6-3-2-4-7-17)15-25-9-5-8-19(25)21(27)24-10-12-28-13-11-24/h2-4,6-7,19H,5,8-15H2,1H3. The Morgan fingerprint density at radius 2 is 1.93 bits per heavy atom. The van der Waals surface area contributed by atoms with Crippen LogP contribution in [0.1, 0.15) is 29.7 Å². The SMILES string of the molecule is Cc1nn(Cc2ccccc2)c(Cl)c1CN1CCCC1C(=O)N1CCSCC1. The van der Waals surface area contributed by atoms with Gasteiger partial charge in [0, 0.05) is 36.7 Å². The van der Waals surface area contributed by atoms with E-state index >= 15 is 0 Å². The molecule has 0 bridgehead atoms. The topological polar surface area (TPSA) is 41.4 Å². The molecule has 0 radical (unpaired) electrons. The molecule has 2 fully saturated rings. The highest BCUT2D eigenvalue weighted by Crippen LogP contribution is 2.28. The number of aryl methyl sites for hydroxylation is 1. The summed E-state index contributed by atoms with van der Waals surface area (Å²) >= 11 is 8.64. The number of halogens is 1. The number of likely N-dealkylation sites (tertiary alicyclic amines) is 1. The maximum Gasteiger partial charge on any atom is 0.239 e. The molecule has 3 heterocycles. The van der Waals surface area contributed by atoms with Crippen molar-refractivity contribution in [2.45, 2.75) is 38.9 Å². The fourth-order valence-corrected chi connectivity index (χ4v) is 5.32. The number of hydrogen-bond acceptors (Lipinski definition) is 4. The zero-order valence-electron chi connectivity index (χ0n) is 16.3. The van der Waals surface area contributed by atoms with Crippen molar-refractivity contribution in [3.63, 3.8) is 0 Å². The van der Waals surface area contributed by atoms with Crippen LogP contribution in [0.2, 0.25) is 5.15 Å². The van der Waals surface area contributed by atoms with Gasteiger partial charge in [0.25, 0.3) is 0 Å². The van der Waals surface area contributed by atoms with Crippen LogP contribution < -0.4 is 0 Å². The lowest BCUT2D eigenvalue weighted by molar-refractivity contribution is -0.135. The van der Waals surface area contributed by atoms with Gasteiger partial charge in [-0.2, -0.15) is 16.9 Å². The maximum atomic E-state index is 13.0. The van der Waals surface area contributed by atoms with Gasteiger partial charge in [0.2, 0.25) is 5.91 Å². The number of carbonyl (C=O) groups is 1. The summed E-state index contributed by atoms with van der Waals surface area (Å²) < 4.78 is 1.87. The largest absolute Gasteiger partial charge is 0.340 e. The average molecular weight is 419 g/mol. The van der Waals surface area contributed by atoms with Crippen molar-refractivity contribution in [1.29, 1.82) is 0 Å². The third-order valence-corrected chi connectivity index (χ3v) is 7.06. The molecule has 1 aromatic carbocycles. The number of aromatic nitrogens is 2. The molecule has 1 aromatic heterocycles. The molecule has 4 rings (SSSR count). The maximum absolute atomic E-state index is 13.0. The molecule has 2 saturated heterocycles. The van der Waals surface area contributed by atoms with Gasteiger partial charge in [-0.05, 0) is 31.9 Å². The number of thioether (sulfide) groups is 1. The van der Waals surface area contributed by atoms with Crippen LogP contribution in [0.3, 0.4) is 0 Å². The molecule has 1 unspecified atom stereocenters. The predicted molar refractivity (Wildman–Crippen MR) is 115 cm³/mol. The molecule has 150 valence electrons. The fraction of sp³-hybridized carbons (Fsp3) is 0.524. The first-order chi connectivity index (χ1) is 13.6. The summed E-state index contributed by atoms with van der Waals surface area (Å²) in [4.78, 5) is 17.4. The Hall–Kier alpha value is -1.50. The van der Waals surface area contributed by atoms with Crippen LogP contribution in [0, 0.1) is 6.92 Å². The van der Waals surface area contributed by atoms with Crippen molar-refractivity contribution in [1.82, 2.24) is 19.6 Å². The van der Waals surface area contributed by atoms with Crippen molar-refractivity contribution in [3.8, 4) is 0 Å². The van der Waals surface area contributed by atoms with E-state index in [1.165, 1.54) is 5.56 Å². The van der Waals surface area contributed by atoms with Gasteiger partial charge in [-0.25, -0.2) is 4.68 Å². The number of carbonyl (C=O) groups excluding carboxylic acids is 1. The molecule has 2 aromatic rings. The minimum absolute atomic E-state index is 0.0176. The van der Waals surface area contributed by atoms with Gasteiger partial charge in [-0.3, -0.25) is 9.69 Å². The second-order valence-electron chi connectivity index (χ2n) is 7.56. The Kier molecular flexibility index (Phi) is 6.28. The third kappa shape index (κ3) is 4.24. The summed E-state index contributed by atoms with van der Waals surface area (Å²) in [5.41, 5.74) is 3.18. The normalized spacial score (nSPS) is 20.6. The molecule has 28 heavy (non-hydrogen) atoms. The van der Waals surface area contributed by atoms with Crippen LogP contribution in [0.4, 0.5) is 0 Å². The van der Waals surface area contributed by atoms with Crippen LogP contribution in [0.25, 0.3) is 0 Å². The van der Waals surface area contributed by atoms with E-state index in [1.807, 2.05) is 46.5 Å². The van der Waals surface area contributed by atoms with Gasteiger partial charge in [0.15, 0.2) is 0 Å². The fourth-order valence-electron chi connectivity index (χ4n) is 4.12. The van der Waals surface area contributed by atoms with E-state index in [2.05, 4.69) is 22.1 Å². The van der Waals surface area contributed by atoms with Crippen LogP contribution in [-0.2, 0) is 17.9 Å². The molecule has 0 spiro atoms. The van der Waals surface area contributed by atoms with Crippen LogP contribution in [0.15, 0.2) is 30.3 Å². The van der Waals surface area contributed by atoms with Gasteiger partial charge in [-0.15, -0.1) is 0 Å². The molecule has 0 aliphatic carbocycles. The Morgan fingerprint density at radius 3 is 2.68 bits per heavy atom. The lowest BCUT2D eigenvalue weighted by Crippen LogP contribution is -2.48. The lowest BCUT2D eigenvalue weighted by Gasteiger charge is -2.32. The van der Waals surface area contributed by atoms with Crippen molar-refractivity contribution in [2.75, 3.05) is 31.1 Å². The van der Waals surface area contributed by atoms with E-state index in [9.17, 15) is 4.79 Å². The average Bonchev–Trinajstić information content (AvgIpc) is 3.29. The first-order valence-corrected chi connectivity index (χ1v) is 11.5. The quantitative estimate of drug-likeness (QED) is 0.745. The number of rotatable bonds is 5. The van der Waals surface area contributed by atoms with Crippen LogP contribution >= 0.6 is 23.4 Å². The van der Waals surface area contributed by atoms with E-state index in [0.717, 1.165) is 55.2 Å². The number of hydrogen-bond donors (Lipinski definition) is 0. The van der Waals surface area contributed by atoms with Crippen molar-refractivity contribution in [3.05, 3.63) is 52.3 Å². The molecular weight excluding hydrogens is 392 g/mol. The highest BCUT2D eigenvalue weighted by molar-refractivity contribution is 7.99. The summed E-state index contributed by atoms with van der Waals surface area (Å²) in [6.07, 6.45) is 2.01. The molecule has 0 saturated carbocycles. The van der Waals surface area contributed by atoms with Crippen LogP contribution in [-0.4, -0.2) is 62.7 Å². The molecule has 2 aliphatic heterocycles. The first-order valence-electron chi connectivity index (χ1n) is 10.00. The summed E-state index contributed by atoms with van der Waals surface area (Å²) in [5, 5.41) is 5.36. The summed E-state index contributed by atoms with van der Waals surface area (Å²) in [6.45, 7) is 6.06. The molecule has 1 amide bonds. The molecule has 1 atom stereocenters. The Labute approximate surface area is 176 Å². The minimum atomic E-state index is -0.0176. The van der Waals surface area contributed by atoms with Gasteiger partial charge >= 0.3 is 0 Å². The molecule has 2 aliphatic rings. The Balaban J connectivity index is 1.48. The number of nitrogens with zero attached hydrogens (tertiary/aromatic N) is 4. The van der Waals surface area contributed by atoms with Crippen molar-refractivity contribution in [2.24, 2.45) is 0 Å². The highest BCUT2D eigenvalue weighted by atomic mass is 35.5. The van der Waals surface area contributed by atoms with Gasteiger partial charge < -0.3 is 4.90 Å². The van der Waals surface area contributed by atoms with E-state index in [1.54, 1.807) is 0 Å². The monoisotopic (exact) mass is 418 g/mol. The first kappa shape index (κ1) is 19.8. The summed E-state index contributed by atoms with van der Waals surface area (Å²) in [6, 6.07) is 10.2. The summed E-state index contributed by atoms with van der Waals surface area (Å²) in [5.74, 6) is 2.40. The zero-order valence-corrected chi connectivity index (χ0v) is 17.9. The van der Waals surface area contributed by atoms with Gasteiger partial charge in [0.1, 0.15) is 5.15 Å². The second-order valence-corrected chi connectivity index (χ2v) is 9.15. The Morgan fingerprint density at radius 1 is 1.18 bits per heavy atom. The molecule has 0 N–H and O–H groups in total. The predicted octanol–water partition coefficient (Wildman–Crippen LogP) is 3.43. The van der Waals surface area contributed by atoms with Crippen LogP contribution in [0.5, 0.6) is 0 Å². The number of benzene rings is 1. The van der Waals surface area contributed by atoms with E-state index < -0.39 is 0 Å². The highest BCUT2D eigenvalue weighted by Gasteiger charge is 2.35. The van der Waals surface area contributed by atoms with Crippen molar-refractivity contribution >= 4 is 29.3 Å². The minimum Gasteiger partial charge on any atom is -0.340 e. The van der Waals surface area contributed by atoms with E-state index in [-0.39, 0.29) is 6.04 Å². The van der Waals surface area contributed by atoms with E-state index in [0.29, 0.717) is 24.1 Å². The third-order valence-electron chi connectivity index (χ3n) is 5.69. The Bertz CT molecular complexity index is 819. The van der Waals surface area contributed by atoms with Crippen molar-refractivity contribution < 1.29 is 4.79 Å². The van der Waals surface area contributed by atoms with Gasteiger partial charge in [-0.1, -0.05) is 41.9 Å². The lowest BCUT2D eigenvalue weighted by atomic mass is 10.1. The van der Waals surface area contributed by atoms with E-state index in [4.69, 9.17) is 11.6 Å². The summed E-state index contributed by atoms with van der Waals surface area (Å²) in [7, 11) is 0. The van der Waals surface area contributed by atoms with Gasteiger partial charge in [0.05, 0.1) is 18.3 Å².